The number of imide groups is 1. The summed E-state index contributed by atoms with van der Waals surface area (Å²) in [6.07, 6.45) is 3.07. The molecule has 1 fully saturated rings. The molecule has 3 aliphatic rings. The Labute approximate surface area is 134 Å². The van der Waals surface area contributed by atoms with Crippen molar-refractivity contribution in [2.75, 3.05) is 0 Å². The summed E-state index contributed by atoms with van der Waals surface area (Å²) in [7, 11) is 0. The molecule has 1 saturated heterocycles. The van der Waals surface area contributed by atoms with Crippen molar-refractivity contribution in [3.8, 4) is 11.8 Å². The van der Waals surface area contributed by atoms with Gasteiger partial charge in [0, 0.05) is 0 Å². The average molecular weight is 395 g/mol. The minimum absolute atomic E-state index is 0.224. The Morgan fingerprint density at radius 1 is 1.33 bits per heavy atom. The van der Waals surface area contributed by atoms with Crippen LogP contribution in [-0.4, -0.2) is 32.6 Å². The molecule has 0 unspecified atom stereocenters. The molecule has 21 heavy (non-hydrogen) atoms. The van der Waals surface area contributed by atoms with E-state index in [9.17, 15) is 9.59 Å². The molecule has 3 nitrogen and oxygen atoms in total. The van der Waals surface area contributed by atoms with E-state index in [-0.39, 0.29) is 11.1 Å². The fourth-order valence-electron chi connectivity index (χ4n) is 3.28. The SMILES string of the molecule is CC#CC[C]1=Cc2c3ccc[c]2[In]1/[C]3=C1\SC(=O)NC1=O. The number of amides is 2. The van der Waals surface area contributed by atoms with Crippen LogP contribution < -0.4 is 8.64 Å². The maximum atomic E-state index is 12.1. The minimum atomic E-state index is -2.39. The molecule has 0 radical (unpaired) electrons. The van der Waals surface area contributed by atoms with Crippen molar-refractivity contribution in [2.24, 2.45) is 0 Å². The topological polar surface area (TPSA) is 46.2 Å². The summed E-state index contributed by atoms with van der Waals surface area (Å²) in [6, 6.07) is 6.33. The van der Waals surface area contributed by atoms with Gasteiger partial charge in [-0.15, -0.1) is 0 Å². The second-order valence-corrected chi connectivity index (χ2v) is 14.1. The summed E-state index contributed by atoms with van der Waals surface area (Å²) in [5, 5.41) is 2.13. The molecule has 3 aliphatic heterocycles. The summed E-state index contributed by atoms with van der Waals surface area (Å²) in [4.78, 5) is 24.2. The number of benzene rings is 1. The monoisotopic (exact) mass is 395 g/mol. The van der Waals surface area contributed by atoms with Crippen molar-refractivity contribution in [2.45, 2.75) is 13.3 Å². The average Bonchev–Trinajstić information content (AvgIpc) is 3.03. The first kappa shape index (κ1) is 13.3. The molecule has 4 bridgehead atoms. The van der Waals surface area contributed by atoms with Crippen molar-refractivity contribution in [3.05, 3.63) is 37.6 Å². The van der Waals surface area contributed by atoms with Crippen LogP contribution in [0.15, 0.2) is 26.4 Å². The second kappa shape index (κ2) is 4.82. The van der Waals surface area contributed by atoms with Crippen LogP contribution >= 0.6 is 11.8 Å². The predicted molar refractivity (Wildman–Crippen MR) is 85.9 cm³/mol. The number of allylic oxidation sites excluding steroid dienone is 1. The first-order valence-corrected chi connectivity index (χ1v) is 12.5. The van der Waals surface area contributed by atoms with Crippen molar-refractivity contribution >= 4 is 57.1 Å². The van der Waals surface area contributed by atoms with Crippen LogP contribution in [0.2, 0.25) is 0 Å². The van der Waals surface area contributed by atoms with Gasteiger partial charge in [-0.3, -0.25) is 0 Å². The van der Waals surface area contributed by atoms with Crippen LogP contribution in [0.4, 0.5) is 4.79 Å². The summed E-state index contributed by atoms with van der Waals surface area (Å²) < 4.78 is 4.06. The molecule has 3 heterocycles. The third-order valence-electron chi connectivity index (χ3n) is 4.06. The van der Waals surface area contributed by atoms with Gasteiger partial charge in [-0.25, -0.2) is 0 Å². The Kier molecular flexibility index (Phi) is 3.05. The Hall–Kier alpha value is -1.38. The molecule has 0 aromatic heterocycles. The molecular formula is C16H10InNO2S. The number of nitrogens with one attached hydrogen (secondary N) is 1. The second-order valence-electron chi connectivity index (χ2n) is 5.15. The number of hydrogen-bond acceptors (Lipinski definition) is 3. The van der Waals surface area contributed by atoms with Gasteiger partial charge in [0.25, 0.3) is 0 Å². The maximum absolute atomic E-state index is 12.1. The van der Waals surface area contributed by atoms with Crippen LogP contribution in [0.25, 0.3) is 9.41 Å². The van der Waals surface area contributed by atoms with E-state index in [4.69, 9.17) is 0 Å². The Morgan fingerprint density at radius 3 is 2.86 bits per heavy atom. The van der Waals surface area contributed by atoms with Crippen LogP contribution in [-0.2, 0) is 4.79 Å². The molecule has 0 spiro atoms. The van der Waals surface area contributed by atoms with Crippen molar-refractivity contribution < 1.29 is 9.59 Å². The van der Waals surface area contributed by atoms with E-state index < -0.39 is 21.4 Å². The molecule has 4 rings (SSSR count). The number of carbonyl (C=O) groups is 2. The zero-order valence-electron chi connectivity index (χ0n) is 11.3. The van der Waals surface area contributed by atoms with Crippen LogP contribution in [0.1, 0.15) is 24.5 Å². The van der Waals surface area contributed by atoms with Gasteiger partial charge in [-0.2, -0.15) is 0 Å². The fraction of sp³-hybridized carbons (Fsp3) is 0.125. The van der Waals surface area contributed by atoms with E-state index in [2.05, 4.69) is 41.4 Å². The molecule has 1 aromatic carbocycles. The number of carbonyl (C=O) groups excluding carboxylic acids is 2. The van der Waals surface area contributed by atoms with E-state index in [1.165, 1.54) is 21.1 Å². The first-order valence-electron chi connectivity index (χ1n) is 6.71. The van der Waals surface area contributed by atoms with Crippen LogP contribution in [0.5, 0.6) is 0 Å². The van der Waals surface area contributed by atoms with E-state index >= 15 is 0 Å². The van der Waals surface area contributed by atoms with Gasteiger partial charge in [-0.1, -0.05) is 0 Å². The quantitative estimate of drug-likeness (QED) is 0.585. The van der Waals surface area contributed by atoms with Gasteiger partial charge in [0.2, 0.25) is 0 Å². The van der Waals surface area contributed by atoms with Gasteiger partial charge in [0.1, 0.15) is 0 Å². The Balaban J connectivity index is 1.90. The zero-order chi connectivity index (χ0) is 14.6. The Bertz CT molecular complexity index is 842. The van der Waals surface area contributed by atoms with Crippen molar-refractivity contribution in [3.63, 3.8) is 0 Å². The summed E-state index contributed by atoms with van der Waals surface area (Å²) in [6.45, 7) is 1.85. The van der Waals surface area contributed by atoms with Gasteiger partial charge in [-0.05, 0) is 0 Å². The molecule has 0 atom stereocenters. The molecular weight excluding hydrogens is 385 g/mol. The van der Waals surface area contributed by atoms with Crippen molar-refractivity contribution in [1.29, 1.82) is 0 Å². The van der Waals surface area contributed by atoms with E-state index in [1.54, 1.807) is 0 Å². The molecule has 1 aromatic rings. The predicted octanol–water partition coefficient (Wildman–Crippen LogP) is 1.98. The van der Waals surface area contributed by atoms with Crippen LogP contribution in [0, 0.1) is 11.8 Å². The molecule has 1 N–H and O–H groups in total. The Morgan fingerprint density at radius 2 is 2.19 bits per heavy atom. The standard InChI is InChI=1S/C16H10NO2S.In/c1-2-3-4-5-8-12-9-6-7-10-13(12)11-14-15(18)17-16(19)20-14;/h6-8,10H,4H2,1H3,(H,17,18,19);. The molecule has 0 saturated carbocycles. The molecule has 100 valence electrons. The number of rotatable bonds is 1. The van der Waals surface area contributed by atoms with Gasteiger partial charge in [0.05, 0.1) is 0 Å². The first-order chi connectivity index (χ1) is 10.2. The van der Waals surface area contributed by atoms with Gasteiger partial charge < -0.3 is 0 Å². The summed E-state index contributed by atoms with van der Waals surface area (Å²) in [5.74, 6) is 5.88. The third-order valence-corrected chi connectivity index (χ3v) is 15.3. The summed E-state index contributed by atoms with van der Waals surface area (Å²) >= 11 is -1.33. The van der Waals surface area contributed by atoms with Crippen LogP contribution in [0.3, 0.4) is 0 Å². The normalized spacial score (nSPS) is 21.4. The fourth-order valence-corrected chi connectivity index (χ4v) is 15.3. The molecule has 2 amide bonds. The number of thioether (sulfide) groups is 1. The number of hydrogen-bond donors (Lipinski definition) is 1. The zero-order valence-corrected chi connectivity index (χ0v) is 15.4. The van der Waals surface area contributed by atoms with E-state index in [0.717, 1.165) is 18.2 Å². The summed E-state index contributed by atoms with van der Waals surface area (Å²) in [5.41, 5.74) is 2.45. The van der Waals surface area contributed by atoms with Crippen molar-refractivity contribution in [1.82, 2.24) is 5.32 Å². The van der Waals surface area contributed by atoms with E-state index in [0.29, 0.717) is 4.91 Å². The van der Waals surface area contributed by atoms with Gasteiger partial charge >= 0.3 is 135 Å². The van der Waals surface area contributed by atoms with E-state index in [1.807, 2.05) is 6.92 Å². The molecule has 5 heteroatoms. The van der Waals surface area contributed by atoms with Gasteiger partial charge in [0.15, 0.2) is 0 Å². The molecule has 0 aliphatic carbocycles. The third kappa shape index (κ3) is 1.86.